The van der Waals surface area contributed by atoms with Crippen LogP contribution in [0.4, 0.5) is 17.8 Å². The van der Waals surface area contributed by atoms with Crippen molar-refractivity contribution in [2.24, 2.45) is 5.10 Å². The number of hydrogen-bond acceptors (Lipinski definition) is 7. The zero-order valence-corrected chi connectivity index (χ0v) is 18.2. The second-order valence-electron chi connectivity index (χ2n) is 8.26. The molecule has 0 amide bonds. The smallest absolute Gasteiger partial charge is 0.250 e. The minimum absolute atomic E-state index is 0.129. The second-order valence-corrected chi connectivity index (χ2v) is 8.26. The van der Waals surface area contributed by atoms with E-state index in [1.807, 2.05) is 37.2 Å². The molecule has 3 rings (SSSR count). The summed E-state index contributed by atoms with van der Waals surface area (Å²) in [6.07, 6.45) is 1.75. The molecule has 0 aliphatic carbocycles. The SMILES string of the molecule is CN(C)c1nc(NCc2ccccc2)nc(N/N=C/c2ccc(C(C)(C)C)cc2)n1. The molecule has 0 fully saturated rings. The van der Waals surface area contributed by atoms with Crippen LogP contribution in [0.5, 0.6) is 0 Å². The molecule has 2 N–H and O–H groups in total. The number of rotatable bonds is 7. The fourth-order valence-electron chi connectivity index (χ4n) is 2.70. The average molecular weight is 404 g/mol. The van der Waals surface area contributed by atoms with E-state index in [9.17, 15) is 0 Å². The summed E-state index contributed by atoms with van der Waals surface area (Å²) in [6, 6.07) is 18.5. The molecule has 7 nitrogen and oxygen atoms in total. The van der Waals surface area contributed by atoms with Crippen molar-refractivity contribution in [1.29, 1.82) is 0 Å². The van der Waals surface area contributed by atoms with E-state index < -0.39 is 0 Å². The van der Waals surface area contributed by atoms with E-state index in [0.717, 1.165) is 11.1 Å². The Hall–Kier alpha value is -3.48. The Morgan fingerprint density at radius 1 is 0.900 bits per heavy atom. The van der Waals surface area contributed by atoms with Gasteiger partial charge in [0.2, 0.25) is 17.8 Å². The molecule has 0 saturated carbocycles. The highest BCUT2D eigenvalue weighted by molar-refractivity contribution is 5.80. The zero-order valence-electron chi connectivity index (χ0n) is 18.2. The van der Waals surface area contributed by atoms with Gasteiger partial charge in [0.15, 0.2) is 0 Å². The Bertz CT molecular complexity index is 975. The molecule has 156 valence electrons. The highest BCUT2D eigenvalue weighted by Gasteiger charge is 2.12. The summed E-state index contributed by atoms with van der Waals surface area (Å²) < 4.78 is 0. The van der Waals surface area contributed by atoms with Crippen molar-refractivity contribution in [3.05, 3.63) is 71.3 Å². The highest BCUT2D eigenvalue weighted by atomic mass is 15.4. The molecule has 0 radical (unpaired) electrons. The second kappa shape index (κ2) is 9.35. The van der Waals surface area contributed by atoms with Crippen LogP contribution in [0.3, 0.4) is 0 Å². The zero-order chi connectivity index (χ0) is 21.6. The summed E-state index contributed by atoms with van der Waals surface area (Å²) in [5, 5.41) is 7.53. The van der Waals surface area contributed by atoms with Gasteiger partial charge in [0.25, 0.3) is 0 Å². The lowest BCUT2D eigenvalue weighted by Crippen LogP contribution is -2.16. The van der Waals surface area contributed by atoms with Gasteiger partial charge < -0.3 is 10.2 Å². The predicted molar refractivity (Wildman–Crippen MR) is 124 cm³/mol. The molecule has 3 aromatic rings. The van der Waals surface area contributed by atoms with Crippen molar-refractivity contribution in [3.63, 3.8) is 0 Å². The Morgan fingerprint density at radius 2 is 1.57 bits per heavy atom. The van der Waals surface area contributed by atoms with E-state index in [-0.39, 0.29) is 5.41 Å². The van der Waals surface area contributed by atoms with Gasteiger partial charge in [0.05, 0.1) is 6.21 Å². The summed E-state index contributed by atoms with van der Waals surface area (Å²) in [6.45, 7) is 7.22. The molecule has 1 heterocycles. The maximum atomic E-state index is 4.45. The standard InChI is InChI=1S/C23H29N7/c1-23(2,3)19-13-11-18(12-14-19)16-25-29-21-26-20(27-22(28-21)30(4)5)24-15-17-9-7-6-8-10-17/h6-14,16H,15H2,1-5H3,(H2,24,26,27,28,29)/b25-16+. The van der Waals surface area contributed by atoms with Gasteiger partial charge >= 0.3 is 0 Å². The lowest BCUT2D eigenvalue weighted by atomic mass is 9.87. The lowest BCUT2D eigenvalue weighted by Gasteiger charge is -2.18. The quantitative estimate of drug-likeness (QED) is 0.452. The first-order valence-electron chi connectivity index (χ1n) is 9.92. The third-order valence-electron chi connectivity index (χ3n) is 4.47. The van der Waals surface area contributed by atoms with Gasteiger partial charge in [-0.2, -0.15) is 20.1 Å². The van der Waals surface area contributed by atoms with Crippen LogP contribution in [-0.4, -0.2) is 35.3 Å². The Balaban J connectivity index is 1.70. The monoisotopic (exact) mass is 403 g/mol. The topological polar surface area (TPSA) is 78.3 Å². The van der Waals surface area contributed by atoms with Crippen LogP contribution in [0.1, 0.15) is 37.5 Å². The van der Waals surface area contributed by atoms with E-state index in [0.29, 0.717) is 24.4 Å². The molecule has 7 heteroatoms. The van der Waals surface area contributed by atoms with Crippen LogP contribution in [0.25, 0.3) is 0 Å². The first kappa shape index (κ1) is 21.2. The molecule has 30 heavy (non-hydrogen) atoms. The first-order valence-corrected chi connectivity index (χ1v) is 9.92. The molecule has 2 aromatic carbocycles. The average Bonchev–Trinajstić information content (AvgIpc) is 2.72. The third-order valence-corrected chi connectivity index (χ3v) is 4.47. The summed E-state index contributed by atoms with van der Waals surface area (Å²) in [7, 11) is 3.78. The normalized spacial score (nSPS) is 11.5. The molecular weight excluding hydrogens is 374 g/mol. The van der Waals surface area contributed by atoms with Crippen molar-refractivity contribution in [2.45, 2.75) is 32.7 Å². The van der Waals surface area contributed by atoms with Crippen LogP contribution in [0.15, 0.2) is 59.7 Å². The van der Waals surface area contributed by atoms with E-state index in [1.165, 1.54) is 5.56 Å². The van der Waals surface area contributed by atoms with Crippen LogP contribution >= 0.6 is 0 Å². The summed E-state index contributed by atoms with van der Waals surface area (Å²) in [5.74, 6) is 1.42. The van der Waals surface area contributed by atoms with Crippen LogP contribution in [0, 0.1) is 0 Å². The molecular formula is C23H29N7. The lowest BCUT2D eigenvalue weighted by molar-refractivity contribution is 0.590. The van der Waals surface area contributed by atoms with E-state index in [2.05, 4.69) is 88.0 Å². The number of benzene rings is 2. The molecule has 0 bridgehead atoms. The van der Waals surface area contributed by atoms with Crippen molar-refractivity contribution in [1.82, 2.24) is 15.0 Å². The Labute approximate surface area is 178 Å². The number of nitrogens with zero attached hydrogens (tertiary/aromatic N) is 5. The van der Waals surface area contributed by atoms with E-state index in [4.69, 9.17) is 0 Å². The Morgan fingerprint density at radius 3 is 2.20 bits per heavy atom. The van der Waals surface area contributed by atoms with E-state index >= 15 is 0 Å². The van der Waals surface area contributed by atoms with E-state index in [1.54, 1.807) is 6.21 Å². The molecule has 1 aromatic heterocycles. The summed E-state index contributed by atoms with van der Waals surface area (Å²) in [5.41, 5.74) is 6.48. The predicted octanol–water partition coefficient (Wildman–Crippen LogP) is 4.29. The van der Waals surface area contributed by atoms with Crippen LogP contribution in [-0.2, 0) is 12.0 Å². The van der Waals surface area contributed by atoms with Gasteiger partial charge in [-0.3, -0.25) is 0 Å². The van der Waals surface area contributed by atoms with Crippen molar-refractivity contribution in [3.8, 4) is 0 Å². The van der Waals surface area contributed by atoms with Gasteiger partial charge in [-0.15, -0.1) is 0 Å². The fraction of sp³-hybridized carbons (Fsp3) is 0.304. The first-order chi connectivity index (χ1) is 14.3. The van der Waals surface area contributed by atoms with Gasteiger partial charge in [-0.25, -0.2) is 5.43 Å². The number of aromatic nitrogens is 3. The minimum atomic E-state index is 0.129. The number of nitrogens with one attached hydrogen (secondary N) is 2. The van der Waals surface area contributed by atoms with Crippen molar-refractivity contribution in [2.75, 3.05) is 29.7 Å². The van der Waals surface area contributed by atoms with Gasteiger partial charge in [0, 0.05) is 20.6 Å². The number of hydrogen-bond donors (Lipinski definition) is 2. The fourth-order valence-corrected chi connectivity index (χ4v) is 2.70. The maximum Gasteiger partial charge on any atom is 0.250 e. The molecule has 0 unspecified atom stereocenters. The summed E-state index contributed by atoms with van der Waals surface area (Å²) >= 11 is 0. The molecule has 0 aliphatic heterocycles. The molecule has 0 aliphatic rings. The van der Waals surface area contributed by atoms with Gasteiger partial charge in [0.1, 0.15) is 0 Å². The largest absolute Gasteiger partial charge is 0.350 e. The summed E-state index contributed by atoms with van der Waals surface area (Å²) in [4.78, 5) is 15.1. The molecule has 0 atom stereocenters. The Kier molecular flexibility index (Phi) is 6.61. The number of hydrazone groups is 1. The van der Waals surface area contributed by atoms with Gasteiger partial charge in [-0.1, -0.05) is 75.4 Å². The third kappa shape index (κ3) is 6.01. The maximum absolute atomic E-state index is 4.45. The molecule has 0 spiro atoms. The highest BCUT2D eigenvalue weighted by Crippen LogP contribution is 2.21. The van der Waals surface area contributed by atoms with Gasteiger partial charge in [-0.05, 0) is 22.1 Å². The molecule has 0 saturated heterocycles. The van der Waals surface area contributed by atoms with Crippen molar-refractivity contribution < 1.29 is 0 Å². The number of anilines is 3. The van der Waals surface area contributed by atoms with Crippen LogP contribution < -0.4 is 15.6 Å². The van der Waals surface area contributed by atoms with Crippen molar-refractivity contribution >= 4 is 24.1 Å². The minimum Gasteiger partial charge on any atom is -0.350 e. The van der Waals surface area contributed by atoms with Crippen LogP contribution in [0.2, 0.25) is 0 Å².